The highest BCUT2D eigenvalue weighted by atomic mass is 32.1. The summed E-state index contributed by atoms with van der Waals surface area (Å²) in [6.45, 7) is -0.683. The Morgan fingerprint density at radius 2 is 1.78 bits per heavy atom. The van der Waals surface area contributed by atoms with E-state index in [4.69, 9.17) is 15.9 Å². The molecule has 0 atom stereocenters. The van der Waals surface area contributed by atoms with Crippen LogP contribution in [0.1, 0.15) is 7.43 Å². The van der Waals surface area contributed by atoms with Gasteiger partial charge in [0.15, 0.2) is 5.11 Å². The largest absolute Gasteiger partial charge is 0.376 e. The van der Waals surface area contributed by atoms with Crippen molar-refractivity contribution in [1.29, 1.82) is 0 Å². The second-order valence-corrected chi connectivity index (χ2v) is 1.58. The summed E-state index contributed by atoms with van der Waals surface area (Å²) in [5.41, 5.74) is 5.00. The molecule has 4 N–H and O–H groups in total. The van der Waals surface area contributed by atoms with Crippen molar-refractivity contribution in [3.05, 3.63) is 0 Å². The topological polar surface area (TPSA) is 69.7 Å². The summed E-state index contributed by atoms with van der Waals surface area (Å²) in [6.07, 6.45) is 0. The molecule has 4 nitrogen and oxygen atoms in total. The lowest BCUT2D eigenvalue weighted by atomic mass is 10.8. The van der Waals surface area contributed by atoms with E-state index in [9.17, 15) is 0 Å². The molecule has 0 bridgehead atoms. The summed E-state index contributed by atoms with van der Waals surface area (Å²) < 4.78 is 0. The molecule has 0 heterocycles. The van der Waals surface area contributed by atoms with Crippen LogP contribution in [0.3, 0.4) is 0 Å². The Morgan fingerprint density at radius 1 is 1.44 bits per heavy atom. The van der Waals surface area contributed by atoms with E-state index in [2.05, 4.69) is 12.2 Å². The van der Waals surface area contributed by atoms with E-state index in [1.165, 1.54) is 0 Å². The zero-order valence-electron chi connectivity index (χ0n) is 4.24. The van der Waals surface area contributed by atoms with Gasteiger partial charge in [0.25, 0.3) is 0 Å². The van der Waals surface area contributed by atoms with E-state index in [0.29, 0.717) is 0 Å². The summed E-state index contributed by atoms with van der Waals surface area (Å²) in [5.74, 6) is 0. The van der Waals surface area contributed by atoms with Crippen LogP contribution in [0.2, 0.25) is 0 Å². The first kappa shape index (κ1) is 11.4. The number of nitrogens with two attached hydrogens (primary N) is 1. The molecule has 9 heavy (non-hydrogen) atoms. The maximum absolute atomic E-state index is 8.29. The average Bonchev–Trinajstić information content (AvgIpc) is 1.69. The molecule has 0 rings (SSSR count). The molecule has 0 aliphatic heterocycles. The van der Waals surface area contributed by atoms with Crippen LogP contribution in [0.5, 0.6) is 0 Å². The first-order valence-corrected chi connectivity index (χ1v) is 2.39. The zero-order valence-corrected chi connectivity index (χ0v) is 5.06. The first-order valence-electron chi connectivity index (χ1n) is 1.98. The molecule has 0 aliphatic carbocycles. The minimum absolute atomic E-state index is 0. The molecule has 0 spiro atoms. The molecule has 0 unspecified atom stereocenters. The second-order valence-electron chi connectivity index (χ2n) is 1.16. The van der Waals surface area contributed by atoms with Gasteiger partial charge in [-0.1, -0.05) is 7.43 Å². The van der Waals surface area contributed by atoms with Gasteiger partial charge in [-0.3, -0.25) is 0 Å². The number of aliphatic hydroxyl groups excluding tert-OH is 2. The van der Waals surface area contributed by atoms with Crippen molar-refractivity contribution in [2.75, 3.05) is 13.5 Å². The van der Waals surface area contributed by atoms with E-state index in [1.807, 2.05) is 0 Å². The fourth-order valence-corrected chi connectivity index (χ4v) is 0.300. The third kappa shape index (κ3) is 4.14. The Bertz CT molecular complexity index is 84.6. The normalized spacial score (nSPS) is 7.78. The van der Waals surface area contributed by atoms with Crippen LogP contribution in [-0.2, 0) is 0 Å². The van der Waals surface area contributed by atoms with E-state index in [0.717, 1.165) is 4.90 Å². The van der Waals surface area contributed by atoms with Gasteiger partial charge in [-0.15, -0.1) is 0 Å². The monoisotopic (exact) mass is 152 g/mol. The van der Waals surface area contributed by atoms with Crippen LogP contribution >= 0.6 is 12.2 Å². The summed E-state index contributed by atoms with van der Waals surface area (Å²) in [5, 5.41) is 16.6. The van der Waals surface area contributed by atoms with Gasteiger partial charge in [0, 0.05) is 0 Å². The Balaban J connectivity index is 0. The molecule has 0 saturated heterocycles. The second kappa shape index (κ2) is 5.74. The fraction of sp³-hybridized carbons (Fsp3) is 0.750. The van der Waals surface area contributed by atoms with Crippen molar-refractivity contribution < 1.29 is 10.2 Å². The number of nitrogens with zero attached hydrogens (tertiary/aromatic N) is 1. The third-order valence-electron chi connectivity index (χ3n) is 0.653. The molecule has 0 amide bonds. The van der Waals surface area contributed by atoms with Gasteiger partial charge in [-0.05, 0) is 12.2 Å². The fourth-order valence-electron chi connectivity index (χ4n) is 0.184. The van der Waals surface area contributed by atoms with E-state index in [1.54, 1.807) is 0 Å². The van der Waals surface area contributed by atoms with Crippen LogP contribution in [-0.4, -0.2) is 33.7 Å². The lowest BCUT2D eigenvalue weighted by molar-refractivity contribution is 0.0872. The highest BCUT2D eigenvalue weighted by molar-refractivity contribution is 7.80. The van der Waals surface area contributed by atoms with Gasteiger partial charge in [-0.25, -0.2) is 0 Å². The lowest BCUT2D eigenvalue weighted by Gasteiger charge is -2.14. The van der Waals surface area contributed by atoms with E-state index in [-0.39, 0.29) is 26.0 Å². The Kier molecular flexibility index (Phi) is 7.28. The van der Waals surface area contributed by atoms with Crippen molar-refractivity contribution in [1.82, 2.24) is 4.90 Å². The Hall–Kier alpha value is -0.390. The molecule has 0 aliphatic rings. The number of hydrogen-bond donors (Lipinski definition) is 3. The van der Waals surface area contributed by atoms with Crippen molar-refractivity contribution in [3.8, 4) is 0 Å². The maximum atomic E-state index is 8.29. The summed E-state index contributed by atoms with van der Waals surface area (Å²) in [7, 11) is 0. The summed E-state index contributed by atoms with van der Waals surface area (Å²) >= 11 is 4.40. The van der Waals surface area contributed by atoms with Gasteiger partial charge in [0.05, 0.1) is 0 Å². The van der Waals surface area contributed by atoms with Crippen molar-refractivity contribution in [2.45, 2.75) is 7.43 Å². The van der Waals surface area contributed by atoms with Crippen molar-refractivity contribution in [3.63, 3.8) is 0 Å². The van der Waals surface area contributed by atoms with Gasteiger partial charge in [0.1, 0.15) is 13.5 Å². The summed E-state index contributed by atoms with van der Waals surface area (Å²) in [4.78, 5) is 1.04. The number of rotatable bonds is 2. The number of hydrogen-bond acceptors (Lipinski definition) is 3. The minimum atomic E-state index is -0.341. The lowest BCUT2D eigenvalue weighted by Crippen LogP contribution is -2.36. The molecule has 0 aromatic rings. The van der Waals surface area contributed by atoms with Gasteiger partial charge in [-0.2, -0.15) is 0 Å². The van der Waals surface area contributed by atoms with Crippen LogP contribution in [0.4, 0.5) is 0 Å². The Labute approximate surface area is 59.9 Å². The molecule has 0 radical (unpaired) electrons. The van der Waals surface area contributed by atoms with Crippen molar-refractivity contribution in [2.24, 2.45) is 5.73 Å². The van der Waals surface area contributed by atoms with E-state index < -0.39 is 0 Å². The third-order valence-corrected chi connectivity index (χ3v) is 0.911. The standard InChI is InChI=1S/C3H8N2O2S.CH4/c4-3(8)5(1-6)2-7;/h6-7H,1-2H2,(H2,4,8);1H4. The highest BCUT2D eigenvalue weighted by Gasteiger charge is 1.98. The SMILES string of the molecule is C.NC(=S)N(CO)CO. The highest BCUT2D eigenvalue weighted by Crippen LogP contribution is 1.79. The predicted octanol–water partition coefficient (Wildman–Crippen LogP) is -0.932. The molecule has 0 saturated carbocycles. The van der Waals surface area contributed by atoms with E-state index >= 15 is 0 Å². The molecule has 0 aromatic carbocycles. The van der Waals surface area contributed by atoms with Crippen LogP contribution in [0.25, 0.3) is 0 Å². The van der Waals surface area contributed by atoms with Crippen LogP contribution in [0.15, 0.2) is 0 Å². The smallest absolute Gasteiger partial charge is 0.169 e. The molecular weight excluding hydrogens is 140 g/mol. The quantitative estimate of drug-likeness (QED) is 0.352. The van der Waals surface area contributed by atoms with Gasteiger partial charge in [0.2, 0.25) is 0 Å². The average molecular weight is 152 g/mol. The molecule has 0 aromatic heterocycles. The van der Waals surface area contributed by atoms with Gasteiger partial charge >= 0.3 is 0 Å². The molecule has 0 fully saturated rings. The summed E-state index contributed by atoms with van der Waals surface area (Å²) in [6, 6.07) is 0. The predicted molar refractivity (Wildman–Crippen MR) is 39.5 cm³/mol. The molecular formula is C4H12N2O2S. The molecule has 56 valence electrons. The minimum Gasteiger partial charge on any atom is -0.376 e. The van der Waals surface area contributed by atoms with Crippen LogP contribution < -0.4 is 5.73 Å². The number of aliphatic hydroxyl groups is 2. The first-order chi connectivity index (χ1) is 3.72. The van der Waals surface area contributed by atoms with Crippen molar-refractivity contribution >= 4 is 17.3 Å². The zero-order chi connectivity index (χ0) is 6.57. The van der Waals surface area contributed by atoms with Gasteiger partial charge < -0.3 is 20.8 Å². The molecule has 5 heteroatoms. The number of thiocarbonyl (C=S) groups is 1. The van der Waals surface area contributed by atoms with Crippen LogP contribution in [0, 0.1) is 0 Å². The Morgan fingerprint density at radius 3 is 1.78 bits per heavy atom. The maximum Gasteiger partial charge on any atom is 0.169 e.